The molecule has 0 atom stereocenters. The Morgan fingerprint density at radius 2 is 1.64 bits per heavy atom. The van der Waals surface area contributed by atoms with Crippen molar-refractivity contribution in [2.45, 2.75) is 18.7 Å². The van der Waals surface area contributed by atoms with Crippen LogP contribution < -0.4 is 4.72 Å². The SMILES string of the molecule is C/C(=C(/CNS(=O)(=O)c1ccc(C)cc1)C(=O)O)c1ccc(Br)cc1. The van der Waals surface area contributed by atoms with E-state index in [1.165, 1.54) is 12.1 Å². The summed E-state index contributed by atoms with van der Waals surface area (Å²) in [5, 5.41) is 9.46. The van der Waals surface area contributed by atoms with Gasteiger partial charge in [-0.1, -0.05) is 45.8 Å². The average Bonchev–Trinajstić information content (AvgIpc) is 2.55. The number of sulfonamides is 1. The van der Waals surface area contributed by atoms with Gasteiger partial charge in [0.2, 0.25) is 10.0 Å². The second-order valence-electron chi connectivity index (χ2n) is 5.55. The number of aliphatic carboxylic acids is 1. The standard InChI is InChI=1S/C18H18BrNO4S/c1-12-3-9-16(10-4-12)25(23,24)20-11-17(18(21)22)13(2)14-5-7-15(19)8-6-14/h3-10,20H,11H2,1-2H3,(H,21,22)/b17-13+. The molecule has 2 aromatic carbocycles. The predicted molar refractivity (Wildman–Crippen MR) is 101 cm³/mol. The minimum Gasteiger partial charge on any atom is -0.478 e. The number of benzene rings is 2. The minimum atomic E-state index is -3.78. The molecule has 0 aliphatic rings. The van der Waals surface area contributed by atoms with E-state index in [1.807, 2.05) is 6.92 Å². The second-order valence-corrected chi connectivity index (χ2v) is 8.24. The summed E-state index contributed by atoms with van der Waals surface area (Å²) < 4.78 is 27.9. The molecule has 25 heavy (non-hydrogen) atoms. The lowest BCUT2D eigenvalue weighted by atomic mass is 10.0. The van der Waals surface area contributed by atoms with Crippen LogP contribution in [0.2, 0.25) is 0 Å². The fourth-order valence-corrected chi connectivity index (χ4v) is 3.47. The van der Waals surface area contributed by atoms with Crippen molar-refractivity contribution in [3.05, 3.63) is 69.7 Å². The Hall–Kier alpha value is -1.96. The molecular weight excluding hydrogens is 406 g/mol. The molecule has 0 saturated carbocycles. The van der Waals surface area contributed by atoms with Crippen molar-refractivity contribution >= 4 is 37.5 Å². The highest BCUT2D eigenvalue weighted by Gasteiger charge is 2.18. The van der Waals surface area contributed by atoms with Gasteiger partial charge in [0.1, 0.15) is 0 Å². The van der Waals surface area contributed by atoms with Crippen LogP contribution in [-0.2, 0) is 14.8 Å². The first kappa shape index (κ1) is 19.4. The van der Waals surface area contributed by atoms with Gasteiger partial charge in [-0.05, 0) is 49.2 Å². The van der Waals surface area contributed by atoms with E-state index in [1.54, 1.807) is 43.3 Å². The average molecular weight is 424 g/mol. The lowest BCUT2D eigenvalue weighted by molar-refractivity contribution is -0.132. The largest absolute Gasteiger partial charge is 0.478 e. The molecule has 5 nitrogen and oxygen atoms in total. The van der Waals surface area contributed by atoms with E-state index in [0.29, 0.717) is 5.57 Å². The zero-order valence-corrected chi connectivity index (χ0v) is 16.2. The number of carbonyl (C=O) groups is 1. The van der Waals surface area contributed by atoms with Gasteiger partial charge in [0.15, 0.2) is 0 Å². The zero-order chi connectivity index (χ0) is 18.6. The number of hydrogen-bond donors (Lipinski definition) is 2. The van der Waals surface area contributed by atoms with Crippen LogP contribution in [0.3, 0.4) is 0 Å². The van der Waals surface area contributed by atoms with Gasteiger partial charge in [-0.3, -0.25) is 0 Å². The Morgan fingerprint density at radius 1 is 1.08 bits per heavy atom. The van der Waals surface area contributed by atoms with Crippen molar-refractivity contribution in [3.63, 3.8) is 0 Å². The number of aryl methyl sites for hydroxylation is 1. The molecule has 2 aromatic rings. The fourth-order valence-electron chi connectivity index (χ4n) is 2.21. The molecule has 2 N–H and O–H groups in total. The maximum absolute atomic E-state index is 12.3. The highest BCUT2D eigenvalue weighted by molar-refractivity contribution is 9.10. The van der Waals surface area contributed by atoms with Gasteiger partial charge < -0.3 is 5.11 Å². The Kier molecular flexibility index (Phi) is 6.16. The predicted octanol–water partition coefficient (Wildman–Crippen LogP) is 3.59. The number of carboxylic acids is 1. The molecule has 0 bridgehead atoms. The summed E-state index contributed by atoms with van der Waals surface area (Å²) in [7, 11) is -3.78. The lowest BCUT2D eigenvalue weighted by Gasteiger charge is -2.11. The summed E-state index contributed by atoms with van der Waals surface area (Å²) in [5.74, 6) is -1.16. The van der Waals surface area contributed by atoms with E-state index in [0.717, 1.165) is 15.6 Å². The first-order chi connectivity index (χ1) is 11.7. The van der Waals surface area contributed by atoms with Crippen molar-refractivity contribution in [1.82, 2.24) is 4.72 Å². The molecule has 132 valence electrons. The maximum atomic E-state index is 12.3. The first-order valence-corrected chi connectivity index (χ1v) is 9.73. The molecule has 0 unspecified atom stereocenters. The Bertz CT molecular complexity index is 901. The first-order valence-electron chi connectivity index (χ1n) is 7.46. The molecule has 0 spiro atoms. The van der Waals surface area contributed by atoms with Crippen molar-refractivity contribution in [1.29, 1.82) is 0 Å². The van der Waals surface area contributed by atoms with Crippen LogP contribution in [-0.4, -0.2) is 26.0 Å². The Labute approximate surface area is 155 Å². The number of hydrogen-bond acceptors (Lipinski definition) is 3. The number of rotatable bonds is 6. The Balaban J connectivity index is 2.27. The van der Waals surface area contributed by atoms with E-state index in [9.17, 15) is 18.3 Å². The van der Waals surface area contributed by atoms with E-state index >= 15 is 0 Å². The summed E-state index contributed by atoms with van der Waals surface area (Å²) >= 11 is 3.32. The summed E-state index contributed by atoms with van der Waals surface area (Å²) in [6, 6.07) is 13.5. The number of allylic oxidation sites excluding steroid dienone is 1. The van der Waals surface area contributed by atoms with Crippen molar-refractivity contribution < 1.29 is 18.3 Å². The van der Waals surface area contributed by atoms with Crippen LogP contribution in [0.15, 0.2) is 63.5 Å². The highest BCUT2D eigenvalue weighted by atomic mass is 79.9. The molecule has 0 fully saturated rings. The van der Waals surface area contributed by atoms with Gasteiger partial charge in [-0.25, -0.2) is 17.9 Å². The molecule has 0 saturated heterocycles. The van der Waals surface area contributed by atoms with Crippen LogP contribution in [0.4, 0.5) is 0 Å². The molecule has 0 aliphatic carbocycles. The molecule has 0 radical (unpaired) electrons. The maximum Gasteiger partial charge on any atom is 0.333 e. The summed E-state index contributed by atoms with van der Waals surface area (Å²) in [5.41, 5.74) is 2.16. The minimum absolute atomic E-state index is 0.00184. The molecule has 0 amide bonds. The van der Waals surface area contributed by atoms with E-state index in [4.69, 9.17) is 0 Å². The second kappa shape index (κ2) is 7.95. The molecule has 0 aliphatic heterocycles. The Morgan fingerprint density at radius 3 is 2.16 bits per heavy atom. The molecule has 0 aromatic heterocycles. The van der Waals surface area contributed by atoms with Gasteiger partial charge in [-0.2, -0.15) is 0 Å². The van der Waals surface area contributed by atoms with Crippen LogP contribution >= 0.6 is 15.9 Å². The molecule has 7 heteroatoms. The third kappa shape index (κ3) is 5.01. The van der Waals surface area contributed by atoms with E-state index in [2.05, 4.69) is 20.7 Å². The highest BCUT2D eigenvalue weighted by Crippen LogP contribution is 2.21. The van der Waals surface area contributed by atoms with Crippen LogP contribution in [0.1, 0.15) is 18.1 Å². The fraction of sp³-hybridized carbons (Fsp3) is 0.167. The quantitative estimate of drug-likeness (QED) is 0.695. The monoisotopic (exact) mass is 423 g/mol. The van der Waals surface area contributed by atoms with E-state index in [-0.39, 0.29) is 17.0 Å². The molecular formula is C18H18BrNO4S. The van der Waals surface area contributed by atoms with Crippen LogP contribution in [0.25, 0.3) is 5.57 Å². The van der Waals surface area contributed by atoms with Crippen molar-refractivity contribution in [2.24, 2.45) is 0 Å². The third-order valence-corrected chi connectivity index (χ3v) is 5.70. The lowest BCUT2D eigenvalue weighted by Crippen LogP contribution is -2.28. The molecule has 0 heterocycles. The summed E-state index contributed by atoms with van der Waals surface area (Å²) in [4.78, 5) is 11.7. The van der Waals surface area contributed by atoms with Gasteiger partial charge in [-0.15, -0.1) is 0 Å². The van der Waals surface area contributed by atoms with Crippen molar-refractivity contribution in [3.8, 4) is 0 Å². The van der Waals surface area contributed by atoms with Gasteiger partial charge in [0.25, 0.3) is 0 Å². The van der Waals surface area contributed by atoms with Crippen LogP contribution in [0.5, 0.6) is 0 Å². The van der Waals surface area contributed by atoms with E-state index < -0.39 is 16.0 Å². The number of halogens is 1. The van der Waals surface area contributed by atoms with Crippen molar-refractivity contribution in [2.75, 3.05) is 6.54 Å². The van der Waals surface area contributed by atoms with Gasteiger partial charge in [0, 0.05) is 11.0 Å². The number of carboxylic acid groups (broad SMARTS) is 1. The number of nitrogens with one attached hydrogen (secondary N) is 1. The zero-order valence-electron chi connectivity index (χ0n) is 13.8. The smallest absolute Gasteiger partial charge is 0.333 e. The van der Waals surface area contributed by atoms with Crippen LogP contribution in [0, 0.1) is 6.92 Å². The third-order valence-electron chi connectivity index (χ3n) is 3.76. The summed E-state index contributed by atoms with van der Waals surface area (Å²) in [6.07, 6.45) is 0. The molecule has 2 rings (SSSR count). The normalized spacial score (nSPS) is 12.6. The van der Waals surface area contributed by atoms with Gasteiger partial charge >= 0.3 is 5.97 Å². The summed E-state index contributed by atoms with van der Waals surface area (Å²) in [6.45, 7) is 3.22. The topological polar surface area (TPSA) is 83.5 Å². The van der Waals surface area contributed by atoms with Gasteiger partial charge in [0.05, 0.1) is 10.5 Å².